The number of hydrogen-bond donors (Lipinski definition) is 1. The van der Waals surface area contributed by atoms with E-state index in [4.69, 9.17) is 16.3 Å². The zero-order valence-corrected chi connectivity index (χ0v) is 16.9. The molecule has 2 aromatic rings. The Bertz CT molecular complexity index is 779. The molecule has 0 radical (unpaired) electrons. The second-order valence-corrected chi connectivity index (χ2v) is 7.23. The molecule has 0 heterocycles. The van der Waals surface area contributed by atoms with Gasteiger partial charge < -0.3 is 10.1 Å². The van der Waals surface area contributed by atoms with Gasteiger partial charge in [0, 0.05) is 10.7 Å². The molecule has 0 fully saturated rings. The Balaban J connectivity index is 2.10. The van der Waals surface area contributed by atoms with Gasteiger partial charge in [-0.1, -0.05) is 29.3 Å². The zero-order valence-electron chi connectivity index (χ0n) is 14.5. The molecule has 1 amide bonds. The number of halogens is 2. The molecule has 5 heteroatoms. The quantitative estimate of drug-likeness (QED) is 0.706. The van der Waals surface area contributed by atoms with E-state index in [1.807, 2.05) is 52.8 Å². The van der Waals surface area contributed by atoms with Gasteiger partial charge in [0.05, 0.1) is 4.47 Å². The summed E-state index contributed by atoms with van der Waals surface area (Å²) in [6, 6.07) is 5.92. The average molecular weight is 411 g/mol. The monoisotopic (exact) mass is 409 g/mol. The first kappa shape index (κ1) is 18.8. The van der Waals surface area contributed by atoms with Crippen molar-refractivity contribution in [2.75, 3.05) is 11.9 Å². The Morgan fingerprint density at radius 2 is 1.67 bits per heavy atom. The van der Waals surface area contributed by atoms with E-state index < -0.39 is 0 Å². The lowest BCUT2D eigenvalue weighted by Crippen LogP contribution is -2.21. The fourth-order valence-corrected chi connectivity index (χ4v) is 3.39. The van der Waals surface area contributed by atoms with Crippen LogP contribution in [0.15, 0.2) is 22.7 Å². The maximum absolute atomic E-state index is 12.2. The van der Waals surface area contributed by atoms with Gasteiger partial charge in [-0.3, -0.25) is 4.79 Å². The normalized spacial score (nSPS) is 10.6. The maximum atomic E-state index is 12.2. The zero-order chi connectivity index (χ0) is 18.0. The third-order valence-electron chi connectivity index (χ3n) is 3.87. The van der Waals surface area contributed by atoms with Gasteiger partial charge in [0.2, 0.25) is 0 Å². The highest BCUT2D eigenvalue weighted by atomic mass is 79.9. The highest BCUT2D eigenvalue weighted by molar-refractivity contribution is 9.10. The first-order valence-electron chi connectivity index (χ1n) is 7.66. The van der Waals surface area contributed by atoms with Gasteiger partial charge in [-0.25, -0.2) is 0 Å². The minimum Gasteiger partial charge on any atom is -0.483 e. The van der Waals surface area contributed by atoms with E-state index in [2.05, 4.69) is 21.2 Å². The number of ether oxygens (including phenoxy) is 1. The molecule has 0 unspecified atom stereocenters. The second kappa shape index (κ2) is 7.58. The Morgan fingerprint density at radius 3 is 2.25 bits per heavy atom. The van der Waals surface area contributed by atoms with E-state index in [9.17, 15) is 4.79 Å². The van der Waals surface area contributed by atoms with Crippen LogP contribution >= 0.6 is 27.5 Å². The highest BCUT2D eigenvalue weighted by Gasteiger charge is 2.13. The number of hydrogen-bond acceptors (Lipinski definition) is 2. The molecule has 0 bridgehead atoms. The van der Waals surface area contributed by atoms with Gasteiger partial charge in [-0.15, -0.1) is 0 Å². The number of carbonyl (C=O) groups excluding carboxylic acids is 1. The molecule has 3 nitrogen and oxygen atoms in total. The van der Waals surface area contributed by atoms with Crippen LogP contribution in [-0.2, 0) is 4.79 Å². The van der Waals surface area contributed by atoms with Gasteiger partial charge in [-0.05, 0) is 78.9 Å². The Hall–Kier alpha value is -1.52. The van der Waals surface area contributed by atoms with Crippen LogP contribution in [0.1, 0.15) is 27.8 Å². The van der Waals surface area contributed by atoms with Crippen molar-refractivity contribution >= 4 is 39.1 Å². The molecule has 0 atom stereocenters. The SMILES string of the molecule is Cc1cc(C)c(NC(=O)COc2cc(C)c(Cl)c(C)c2Br)c(C)c1. The first-order chi connectivity index (χ1) is 11.2. The van der Waals surface area contributed by atoms with E-state index in [0.29, 0.717) is 10.8 Å². The highest BCUT2D eigenvalue weighted by Crippen LogP contribution is 2.35. The summed E-state index contributed by atoms with van der Waals surface area (Å²) in [5.74, 6) is 0.420. The molecule has 1 N–H and O–H groups in total. The van der Waals surface area contributed by atoms with Crippen molar-refractivity contribution in [1.82, 2.24) is 0 Å². The van der Waals surface area contributed by atoms with Crippen molar-refractivity contribution in [2.45, 2.75) is 34.6 Å². The summed E-state index contributed by atoms with van der Waals surface area (Å²) in [6.07, 6.45) is 0. The lowest BCUT2D eigenvalue weighted by atomic mass is 10.1. The van der Waals surface area contributed by atoms with Crippen molar-refractivity contribution in [3.63, 3.8) is 0 Å². The first-order valence-corrected chi connectivity index (χ1v) is 8.83. The van der Waals surface area contributed by atoms with Crippen molar-refractivity contribution in [1.29, 1.82) is 0 Å². The molecule has 2 aromatic carbocycles. The number of aryl methyl sites for hydroxylation is 4. The second-order valence-electron chi connectivity index (χ2n) is 6.06. The minimum absolute atomic E-state index is 0.0636. The van der Waals surface area contributed by atoms with E-state index in [0.717, 1.165) is 32.4 Å². The van der Waals surface area contributed by atoms with Gasteiger partial charge >= 0.3 is 0 Å². The molecule has 0 spiro atoms. The van der Waals surface area contributed by atoms with Crippen LogP contribution in [0.3, 0.4) is 0 Å². The molecule has 0 aromatic heterocycles. The molecule has 0 saturated heterocycles. The van der Waals surface area contributed by atoms with E-state index in [-0.39, 0.29) is 12.5 Å². The van der Waals surface area contributed by atoms with Crippen LogP contribution in [-0.4, -0.2) is 12.5 Å². The van der Waals surface area contributed by atoms with Crippen molar-refractivity contribution in [2.24, 2.45) is 0 Å². The molecule has 0 aliphatic heterocycles. The molecule has 0 aliphatic carbocycles. The van der Waals surface area contributed by atoms with Crippen molar-refractivity contribution < 1.29 is 9.53 Å². The lowest BCUT2D eigenvalue weighted by Gasteiger charge is -2.15. The van der Waals surface area contributed by atoms with Gasteiger partial charge in [-0.2, -0.15) is 0 Å². The number of rotatable bonds is 4. The van der Waals surface area contributed by atoms with Crippen molar-refractivity contribution in [3.8, 4) is 5.75 Å². The van der Waals surface area contributed by atoms with Crippen LogP contribution < -0.4 is 10.1 Å². The van der Waals surface area contributed by atoms with Crippen LogP contribution in [0.2, 0.25) is 5.02 Å². The standard InChI is InChI=1S/C19H21BrClNO2/c1-10-6-12(3)19(13(4)7-10)22-16(23)9-24-15-8-11(2)18(21)14(5)17(15)20/h6-8H,9H2,1-5H3,(H,22,23). The van der Waals surface area contributed by atoms with Crippen LogP contribution in [0.4, 0.5) is 5.69 Å². The number of carbonyl (C=O) groups is 1. The third-order valence-corrected chi connectivity index (χ3v) is 5.44. The smallest absolute Gasteiger partial charge is 0.262 e. The number of benzene rings is 2. The van der Waals surface area contributed by atoms with Gasteiger partial charge in [0.1, 0.15) is 5.75 Å². The summed E-state index contributed by atoms with van der Waals surface area (Å²) in [5.41, 5.74) is 5.92. The fraction of sp³-hybridized carbons (Fsp3) is 0.316. The Labute approximate surface area is 156 Å². The predicted octanol–water partition coefficient (Wildman–Crippen LogP) is 5.66. The van der Waals surface area contributed by atoms with Crippen LogP contribution in [0, 0.1) is 34.6 Å². The van der Waals surface area contributed by atoms with Crippen LogP contribution in [0.25, 0.3) is 0 Å². The molecule has 0 aliphatic rings. The van der Waals surface area contributed by atoms with E-state index >= 15 is 0 Å². The largest absolute Gasteiger partial charge is 0.483 e. The summed E-state index contributed by atoms with van der Waals surface area (Å²) in [4.78, 5) is 12.2. The third kappa shape index (κ3) is 4.11. The lowest BCUT2D eigenvalue weighted by molar-refractivity contribution is -0.118. The predicted molar refractivity (Wildman–Crippen MR) is 103 cm³/mol. The molecule has 128 valence electrons. The number of anilines is 1. The van der Waals surface area contributed by atoms with Gasteiger partial charge in [0.25, 0.3) is 5.91 Å². The summed E-state index contributed by atoms with van der Waals surface area (Å²) in [7, 11) is 0. The number of nitrogens with one attached hydrogen (secondary N) is 1. The van der Waals surface area contributed by atoms with Crippen LogP contribution in [0.5, 0.6) is 5.75 Å². The maximum Gasteiger partial charge on any atom is 0.262 e. The summed E-state index contributed by atoms with van der Waals surface area (Å²) in [6.45, 7) is 9.76. The van der Waals surface area contributed by atoms with Gasteiger partial charge in [0.15, 0.2) is 6.61 Å². The molecular formula is C19H21BrClNO2. The van der Waals surface area contributed by atoms with E-state index in [1.54, 1.807) is 0 Å². The summed E-state index contributed by atoms with van der Waals surface area (Å²) in [5, 5.41) is 3.63. The summed E-state index contributed by atoms with van der Waals surface area (Å²) >= 11 is 9.68. The minimum atomic E-state index is -0.192. The topological polar surface area (TPSA) is 38.3 Å². The average Bonchev–Trinajstić information content (AvgIpc) is 2.51. The van der Waals surface area contributed by atoms with E-state index in [1.165, 1.54) is 5.56 Å². The Morgan fingerprint density at radius 1 is 1.08 bits per heavy atom. The molecule has 0 saturated carbocycles. The fourth-order valence-electron chi connectivity index (χ4n) is 2.70. The Kier molecular flexibility index (Phi) is 5.94. The number of amides is 1. The molecular weight excluding hydrogens is 390 g/mol. The molecule has 24 heavy (non-hydrogen) atoms. The summed E-state index contributed by atoms with van der Waals surface area (Å²) < 4.78 is 6.45. The van der Waals surface area contributed by atoms with Crippen molar-refractivity contribution in [3.05, 3.63) is 55.5 Å². The molecule has 2 rings (SSSR count).